The first-order valence-electron chi connectivity index (χ1n) is 3.73. The van der Waals surface area contributed by atoms with Gasteiger partial charge in [-0.15, -0.1) is 0 Å². The molecule has 0 amide bonds. The van der Waals surface area contributed by atoms with E-state index in [9.17, 15) is 13.2 Å². The second-order valence-corrected chi connectivity index (χ2v) is 3.58. The molecule has 0 aromatic heterocycles. The first-order chi connectivity index (χ1) is 5.69. The number of halogens is 3. The van der Waals surface area contributed by atoms with Crippen LogP contribution in [0.1, 0.15) is 13.8 Å². The summed E-state index contributed by atoms with van der Waals surface area (Å²) >= 11 is 4.78. The predicted octanol–water partition coefficient (Wildman–Crippen LogP) is 1.46. The van der Waals surface area contributed by atoms with Crippen molar-refractivity contribution in [3.05, 3.63) is 0 Å². The van der Waals surface area contributed by atoms with Gasteiger partial charge in [-0.05, 0) is 20.9 Å². The molecule has 0 bridgehead atoms. The van der Waals surface area contributed by atoms with E-state index < -0.39 is 18.3 Å². The minimum Gasteiger partial charge on any atom is -0.369 e. The van der Waals surface area contributed by atoms with Gasteiger partial charge in [0.15, 0.2) is 0 Å². The van der Waals surface area contributed by atoms with Gasteiger partial charge in [-0.3, -0.25) is 0 Å². The molecule has 2 nitrogen and oxygen atoms in total. The van der Waals surface area contributed by atoms with Crippen LogP contribution in [0.15, 0.2) is 0 Å². The van der Waals surface area contributed by atoms with Crippen LogP contribution in [0.5, 0.6) is 0 Å². The predicted molar refractivity (Wildman–Crippen MR) is 49.8 cm³/mol. The van der Waals surface area contributed by atoms with Crippen molar-refractivity contribution in [1.82, 2.24) is 10.6 Å². The van der Waals surface area contributed by atoms with Crippen LogP contribution in [0.3, 0.4) is 0 Å². The molecular formula is C7H13F3N2S. The van der Waals surface area contributed by atoms with E-state index in [-0.39, 0.29) is 4.99 Å². The second kappa shape index (κ2) is 4.23. The smallest absolute Gasteiger partial charge is 0.369 e. The number of likely N-dealkylation sites (N-methyl/N-ethyl adjacent to an activating group) is 1. The molecule has 0 aromatic carbocycles. The van der Waals surface area contributed by atoms with Crippen LogP contribution in [0, 0.1) is 0 Å². The third-order valence-corrected chi connectivity index (χ3v) is 2.30. The summed E-state index contributed by atoms with van der Waals surface area (Å²) in [6, 6.07) is 0. The lowest BCUT2D eigenvalue weighted by Gasteiger charge is -2.26. The maximum Gasteiger partial charge on any atom is 0.405 e. The average Bonchev–Trinajstić information content (AvgIpc) is 1.98. The van der Waals surface area contributed by atoms with Crippen LogP contribution in [-0.4, -0.2) is 30.3 Å². The molecule has 0 aliphatic carbocycles. The molecule has 0 aromatic rings. The Kier molecular flexibility index (Phi) is 4.12. The number of thiocarbonyl (C=S) groups is 1. The van der Waals surface area contributed by atoms with Gasteiger partial charge in [0.2, 0.25) is 0 Å². The summed E-state index contributed by atoms with van der Waals surface area (Å²) in [7, 11) is 1.64. The zero-order valence-corrected chi connectivity index (χ0v) is 8.57. The summed E-state index contributed by atoms with van der Waals surface area (Å²) in [4.78, 5) is 0.160. The molecule has 0 aliphatic rings. The minimum absolute atomic E-state index is 0.160. The zero-order chi connectivity index (χ0) is 10.7. The standard InChI is InChI=1S/C7H13F3N2S/c1-6(2,11-3)5(13)12-4-7(8,9)10/h11H,4H2,1-3H3,(H,12,13). The molecule has 0 spiro atoms. The van der Waals surface area contributed by atoms with Gasteiger partial charge < -0.3 is 10.6 Å². The van der Waals surface area contributed by atoms with Crippen molar-refractivity contribution in [1.29, 1.82) is 0 Å². The van der Waals surface area contributed by atoms with Crippen LogP contribution in [0.25, 0.3) is 0 Å². The van der Waals surface area contributed by atoms with Gasteiger partial charge in [-0.25, -0.2) is 0 Å². The van der Waals surface area contributed by atoms with Crippen LogP contribution in [-0.2, 0) is 0 Å². The van der Waals surface area contributed by atoms with E-state index in [0.29, 0.717) is 0 Å². The third kappa shape index (κ3) is 5.05. The van der Waals surface area contributed by atoms with Gasteiger partial charge in [0.25, 0.3) is 0 Å². The molecule has 0 saturated heterocycles. The Morgan fingerprint density at radius 3 is 2.08 bits per heavy atom. The highest BCUT2D eigenvalue weighted by Crippen LogP contribution is 2.13. The van der Waals surface area contributed by atoms with Crippen molar-refractivity contribution in [3.8, 4) is 0 Å². The molecule has 2 N–H and O–H groups in total. The summed E-state index contributed by atoms with van der Waals surface area (Å²) < 4.78 is 35.3. The van der Waals surface area contributed by atoms with Crippen molar-refractivity contribution in [2.45, 2.75) is 25.6 Å². The van der Waals surface area contributed by atoms with Crippen LogP contribution in [0.4, 0.5) is 13.2 Å². The van der Waals surface area contributed by atoms with Crippen LogP contribution in [0.2, 0.25) is 0 Å². The van der Waals surface area contributed by atoms with Gasteiger partial charge in [0.1, 0.15) is 6.54 Å². The number of nitrogens with one attached hydrogen (secondary N) is 2. The van der Waals surface area contributed by atoms with E-state index in [1.165, 1.54) is 0 Å². The fourth-order valence-electron chi connectivity index (χ4n) is 0.515. The lowest BCUT2D eigenvalue weighted by atomic mass is 10.1. The molecule has 0 saturated carbocycles. The fraction of sp³-hybridized carbons (Fsp3) is 0.857. The number of hydrogen-bond donors (Lipinski definition) is 2. The van der Waals surface area contributed by atoms with Crippen LogP contribution >= 0.6 is 12.2 Å². The summed E-state index contributed by atoms with van der Waals surface area (Å²) in [6.07, 6.45) is -4.23. The number of alkyl halides is 3. The van der Waals surface area contributed by atoms with E-state index in [0.717, 1.165) is 0 Å². The zero-order valence-electron chi connectivity index (χ0n) is 7.75. The maximum absolute atomic E-state index is 11.8. The summed E-state index contributed by atoms with van der Waals surface area (Å²) in [5.41, 5.74) is -0.611. The van der Waals surface area contributed by atoms with Crippen molar-refractivity contribution in [2.24, 2.45) is 0 Å². The second-order valence-electron chi connectivity index (χ2n) is 3.17. The highest BCUT2D eigenvalue weighted by atomic mass is 32.1. The first kappa shape index (κ1) is 12.6. The fourth-order valence-corrected chi connectivity index (χ4v) is 0.689. The maximum atomic E-state index is 11.8. The topological polar surface area (TPSA) is 24.1 Å². The Bertz CT molecular complexity index is 189. The molecule has 0 aliphatic heterocycles. The van der Waals surface area contributed by atoms with E-state index in [2.05, 4.69) is 10.6 Å². The Labute approximate surface area is 80.9 Å². The summed E-state index contributed by atoms with van der Waals surface area (Å²) in [5.74, 6) is 0. The van der Waals surface area contributed by atoms with Crippen molar-refractivity contribution >= 4 is 17.2 Å². The first-order valence-corrected chi connectivity index (χ1v) is 4.14. The van der Waals surface area contributed by atoms with Gasteiger partial charge in [-0.2, -0.15) is 13.2 Å². The minimum atomic E-state index is -4.23. The molecule has 0 heterocycles. The Balaban J connectivity index is 4.03. The average molecular weight is 214 g/mol. The highest BCUT2D eigenvalue weighted by molar-refractivity contribution is 7.80. The van der Waals surface area contributed by atoms with E-state index >= 15 is 0 Å². The molecule has 0 atom stereocenters. The van der Waals surface area contributed by atoms with Crippen LogP contribution < -0.4 is 10.6 Å². The highest BCUT2D eigenvalue weighted by Gasteiger charge is 2.29. The van der Waals surface area contributed by atoms with E-state index in [1.54, 1.807) is 20.9 Å². The van der Waals surface area contributed by atoms with E-state index in [4.69, 9.17) is 12.2 Å². The third-order valence-electron chi connectivity index (χ3n) is 1.64. The summed E-state index contributed by atoms with van der Waals surface area (Å²) in [6.45, 7) is 2.33. The van der Waals surface area contributed by atoms with Crippen molar-refractivity contribution in [2.75, 3.05) is 13.6 Å². The normalized spacial score (nSPS) is 12.8. The number of rotatable bonds is 3. The quantitative estimate of drug-likeness (QED) is 0.696. The van der Waals surface area contributed by atoms with Gasteiger partial charge in [-0.1, -0.05) is 12.2 Å². The molecule has 78 valence electrons. The molecule has 0 rings (SSSR count). The van der Waals surface area contributed by atoms with Crippen molar-refractivity contribution in [3.63, 3.8) is 0 Å². The SMILES string of the molecule is CNC(C)(C)C(=S)NCC(F)(F)F. The van der Waals surface area contributed by atoms with Gasteiger partial charge in [0.05, 0.1) is 10.5 Å². The van der Waals surface area contributed by atoms with Crippen molar-refractivity contribution < 1.29 is 13.2 Å². The van der Waals surface area contributed by atoms with E-state index in [1.807, 2.05) is 0 Å². The lowest BCUT2D eigenvalue weighted by molar-refractivity contribution is -0.122. The van der Waals surface area contributed by atoms with Gasteiger partial charge in [0, 0.05) is 0 Å². The lowest BCUT2D eigenvalue weighted by Crippen LogP contribution is -2.51. The monoisotopic (exact) mass is 214 g/mol. The molecule has 0 unspecified atom stereocenters. The Morgan fingerprint density at radius 2 is 1.77 bits per heavy atom. The molecule has 13 heavy (non-hydrogen) atoms. The summed E-state index contributed by atoms with van der Waals surface area (Å²) in [5, 5.41) is 4.96. The van der Waals surface area contributed by atoms with Gasteiger partial charge >= 0.3 is 6.18 Å². The molecule has 0 fully saturated rings. The number of hydrogen-bond acceptors (Lipinski definition) is 2. The Morgan fingerprint density at radius 1 is 1.31 bits per heavy atom. The molecule has 0 radical (unpaired) electrons. The molecular weight excluding hydrogens is 201 g/mol. The Hall–Kier alpha value is -0.360. The molecule has 6 heteroatoms. The largest absolute Gasteiger partial charge is 0.405 e.